The van der Waals surface area contributed by atoms with E-state index in [-0.39, 0.29) is 17.9 Å². The van der Waals surface area contributed by atoms with Gasteiger partial charge >= 0.3 is 0 Å². The van der Waals surface area contributed by atoms with E-state index in [0.717, 1.165) is 0 Å². The zero-order valence-corrected chi connectivity index (χ0v) is 12.6. The van der Waals surface area contributed by atoms with Crippen molar-refractivity contribution in [2.45, 2.75) is 26.8 Å². The van der Waals surface area contributed by atoms with Crippen LogP contribution in [0.3, 0.4) is 0 Å². The summed E-state index contributed by atoms with van der Waals surface area (Å²) in [5.41, 5.74) is 6.70. The smallest absolute Gasteiger partial charge is 0.257 e. The fourth-order valence-corrected chi connectivity index (χ4v) is 1.89. The highest BCUT2D eigenvalue weighted by atomic mass is 16.5. The molecule has 112 valence electrons. The molecular formula is C15H24N2O3. The summed E-state index contributed by atoms with van der Waals surface area (Å²) in [6.07, 6.45) is 0. The molecule has 0 radical (unpaired) electrons. The largest absolute Gasteiger partial charge is 0.493 e. The molecule has 0 fully saturated rings. The number of anilines is 1. The quantitative estimate of drug-likeness (QED) is 0.750. The van der Waals surface area contributed by atoms with Gasteiger partial charge in [0.25, 0.3) is 5.91 Å². The van der Waals surface area contributed by atoms with Gasteiger partial charge < -0.3 is 20.5 Å². The van der Waals surface area contributed by atoms with Gasteiger partial charge in [-0.3, -0.25) is 4.79 Å². The van der Waals surface area contributed by atoms with Crippen LogP contribution in [0, 0.1) is 5.92 Å². The molecular weight excluding hydrogens is 256 g/mol. The average molecular weight is 280 g/mol. The number of methoxy groups -OCH3 is 1. The van der Waals surface area contributed by atoms with E-state index >= 15 is 0 Å². The van der Waals surface area contributed by atoms with Crippen molar-refractivity contribution < 1.29 is 14.3 Å². The van der Waals surface area contributed by atoms with Crippen molar-refractivity contribution in [1.29, 1.82) is 0 Å². The van der Waals surface area contributed by atoms with Crippen molar-refractivity contribution in [3.05, 3.63) is 23.8 Å². The lowest BCUT2D eigenvalue weighted by Gasteiger charge is -2.22. The first-order valence-corrected chi connectivity index (χ1v) is 6.82. The number of hydrogen-bond donors (Lipinski definition) is 2. The monoisotopic (exact) mass is 280 g/mol. The topological polar surface area (TPSA) is 73.6 Å². The first-order valence-electron chi connectivity index (χ1n) is 6.82. The standard InChI is InChI=1S/C15H24N2O3/c1-5-20-13-8-6-7-11(16)14(13)15(18)17-12(9-19-4)10(2)3/h6-8,10,12H,5,9,16H2,1-4H3,(H,17,18). The minimum Gasteiger partial charge on any atom is -0.493 e. The van der Waals surface area contributed by atoms with Gasteiger partial charge in [-0.2, -0.15) is 0 Å². The van der Waals surface area contributed by atoms with E-state index in [9.17, 15) is 4.79 Å². The highest BCUT2D eigenvalue weighted by molar-refractivity contribution is 6.02. The number of carbonyl (C=O) groups is 1. The van der Waals surface area contributed by atoms with Crippen molar-refractivity contribution >= 4 is 11.6 Å². The number of rotatable bonds is 7. The van der Waals surface area contributed by atoms with Crippen LogP contribution in [0.2, 0.25) is 0 Å². The van der Waals surface area contributed by atoms with E-state index in [0.29, 0.717) is 30.2 Å². The van der Waals surface area contributed by atoms with E-state index in [1.54, 1.807) is 25.3 Å². The fourth-order valence-electron chi connectivity index (χ4n) is 1.89. The maximum atomic E-state index is 12.4. The summed E-state index contributed by atoms with van der Waals surface area (Å²) in [5, 5.41) is 2.95. The van der Waals surface area contributed by atoms with Crippen LogP contribution in [0.1, 0.15) is 31.1 Å². The number of nitrogens with one attached hydrogen (secondary N) is 1. The Morgan fingerprint density at radius 2 is 2.10 bits per heavy atom. The van der Waals surface area contributed by atoms with E-state index in [1.165, 1.54) is 0 Å². The predicted molar refractivity (Wildman–Crippen MR) is 80.0 cm³/mol. The van der Waals surface area contributed by atoms with Crippen LogP contribution in [-0.4, -0.2) is 32.3 Å². The van der Waals surface area contributed by atoms with Crippen molar-refractivity contribution in [3.8, 4) is 5.75 Å². The Labute approximate surface area is 120 Å². The molecule has 5 nitrogen and oxygen atoms in total. The lowest BCUT2D eigenvalue weighted by molar-refractivity contribution is 0.0864. The molecule has 0 aliphatic carbocycles. The second-order valence-electron chi connectivity index (χ2n) is 4.93. The Bertz CT molecular complexity index is 447. The van der Waals surface area contributed by atoms with Crippen molar-refractivity contribution in [3.63, 3.8) is 0 Å². The molecule has 20 heavy (non-hydrogen) atoms. The number of carbonyl (C=O) groups excluding carboxylic acids is 1. The van der Waals surface area contributed by atoms with Gasteiger partial charge in [0.1, 0.15) is 11.3 Å². The summed E-state index contributed by atoms with van der Waals surface area (Å²) < 4.78 is 10.6. The minimum absolute atomic E-state index is 0.0680. The summed E-state index contributed by atoms with van der Waals surface area (Å²) in [4.78, 5) is 12.4. The summed E-state index contributed by atoms with van der Waals surface area (Å²) in [6, 6.07) is 5.14. The molecule has 1 unspecified atom stereocenters. The summed E-state index contributed by atoms with van der Waals surface area (Å²) >= 11 is 0. The third-order valence-electron chi connectivity index (χ3n) is 3.05. The fraction of sp³-hybridized carbons (Fsp3) is 0.533. The Hall–Kier alpha value is -1.75. The lowest BCUT2D eigenvalue weighted by atomic mass is 10.0. The molecule has 0 spiro atoms. The first kappa shape index (κ1) is 16.3. The number of ether oxygens (including phenoxy) is 2. The molecule has 0 aliphatic rings. The van der Waals surface area contributed by atoms with Gasteiger partial charge in [-0.05, 0) is 25.0 Å². The lowest BCUT2D eigenvalue weighted by Crippen LogP contribution is -2.42. The maximum absolute atomic E-state index is 12.4. The number of nitrogens with two attached hydrogens (primary N) is 1. The number of nitrogen functional groups attached to an aromatic ring is 1. The van der Waals surface area contributed by atoms with Gasteiger partial charge in [-0.25, -0.2) is 0 Å². The first-order chi connectivity index (χ1) is 9.51. The third kappa shape index (κ3) is 4.13. The summed E-state index contributed by atoms with van der Waals surface area (Å²) in [6.45, 7) is 6.87. The molecule has 3 N–H and O–H groups in total. The molecule has 0 saturated heterocycles. The van der Waals surface area contributed by atoms with Crippen LogP contribution in [-0.2, 0) is 4.74 Å². The van der Waals surface area contributed by atoms with Gasteiger partial charge in [0.2, 0.25) is 0 Å². The van der Waals surface area contributed by atoms with E-state index in [2.05, 4.69) is 5.32 Å². The van der Waals surface area contributed by atoms with Crippen LogP contribution < -0.4 is 15.8 Å². The molecule has 0 bridgehead atoms. The Morgan fingerprint density at radius 1 is 1.40 bits per heavy atom. The number of benzene rings is 1. The Balaban J connectivity index is 2.96. The van der Waals surface area contributed by atoms with Crippen molar-refractivity contribution in [2.75, 3.05) is 26.1 Å². The molecule has 1 rings (SSSR count). The molecule has 1 atom stereocenters. The van der Waals surface area contributed by atoms with E-state index < -0.39 is 0 Å². The molecule has 0 saturated carbocycles. The van der Waals surface area contributed by atoms with Crippen molar-refractivity contribution in [1.82, 2.24) is 5.32 Å². The highest BCUT2D eigenvalue weighted by Crippen LogP contribution is 2.24. The second-order valence-corrected chi connectivity index (χ2v) is 4.93. The van der Waals surface area contributed by atoms with E-state index in [1.807, 2.05) is 20.8 Å². The molecule has 0 aliphatic heterocycles. The van der Waals surface area contributed by atoms with Crippen LogP contribution in [0.5, 0.6) is 5.75 Å². The van der Waals surface area contributed by atoms with Gasteiger partial charge in [-0.1, -0.05) is 19.9 Å². The van der Waals surface area contributed by atoms with Crippen LogP contribution >= 0.6 is 0 Å². The molecule has 1 aromatic rings. The van der Waals surface area contributed by atoms with Gasteiger partial charge in [0, 0.05) is 12.8 Å². The predicted octanol–water partition coefficient (Wildman–Crippen LogP) is 2.07. The molecule has 0 aromatic heterocycles. The number of hydrogen-bond acceptors (Lipinski definition) is 4. The SMILES string of the molecule is CCOc1cccc(N)c1C(=O)NC(COC)C(C)C. The molecule has 1 amide bonds. The number of amides is 1. The highest BCUT2D eigenvalue weighted by Gasteiger charge is 2.21. The van der Waals surface area contributed by atoms with E-state index in [4.69, 9.17) is 15.2 Å². The zero-order valence-electron chi connectivity index (χ0n) is 12.6. The van der Waals surface area contributed by atoms with Gasteiger partial charge in [0.05, 0.1) is 19.3 Å². The zero-order chi connectivity index (χ0) is 15.1. The minimum atomic E-state index is -0.234. The summed E-state index contributed by atoms with van der Waals surface area (Å²) in [7, 11) is 1.62. The van der Waals surface area contributed by atoms with Crippen LogP contribution in [0.4, 0.5) is 5.69 Å². The molecule has 0 heterocycles. The third-order valence-corrected chi connectivity index (χ3v) is 3.05. The normalized spacial score (nSPS) is 12.2. The average Bonchev–Trinajstić information content (AvgIpc) is 2.38. The molecule has 1 aromatic carbocycles. The van der Waals surface area contributed by atoms with Crippen LogP contribution in [0.25, 0.3) is 0 Å². The maximum Gasteiger partial charge on any atom is 0.257 e. The van der Waals surface area contributed by atoms with Crippen LogP contribution in [0.15, 0.2) is 18.2 Å². The van der Waals surface area contributed by atoms with Crippen molar-refractivity contribution in [2.24, 2.45) is 5.92 Å². The van der Waals surface area contributed by atoms with Gasteiger partial charge in [0.15, 0.2) is 0 Å². The summed E-state index contributed by atoms with van der Waals surface area (Å²) in [5.74, 6) is 0.534. The Morgan fingerprint density at radius 3 is 2.65 bits per heavy atom. The Kier molecular flexibility index (Phi) is 6.31. The van der Waals surface area contributed by atoms with Gasteiger partial charge in [-0.15, -0.1) is 0 Å². The second kappa shape index (κ2) is 7.75. The molecule has 5 heteroatoms.